The molecule has 0 spiro atoms. The zero-order valence-corrected chi connectivity index (χ0v) is 10.2. The van der Waals surface area contributed by atoms with Gasteiger partial charge in [0.15, 0.2) is 0 Å². The van der Waals surface area contributed by atoms with Gasteiger partial charge in [0.2, 0.25) is 5.89 Å². The van der Waals surface area contributed by atoms with E-state index < -0.39 is 11.8 Å². The van der Waals surface area contributed by atoms with Crippen molar-refractivity contribution in [1.29, 1.82) is 0 Å². The van der Waals surface area contributed by atoms with Crippen LogP contribution in [0.1, 0.15) is 21.8 Å². The lowest BCUT2D eigenvalue weighted by Crippen LogP contribution is -1.98. The molecule has 1 aromatic carbocycles. The third-order valence-corrected chi connectivity index (χ3v) is 3.03. The summed E-state index contributed by atoms with van der Waals surface area (Å²) in [5.41, 5.74) is 0.315. The van der Waals surface area contributed by atoms with Gasteiger partial charge in [0.05, 0.1) is 5.56 Å². The fourth-order valence-electron chi connectivity index (χ4n) is 1.27. The van der Waals surface area contributed by atoms with Gasteiger partial charge in [0.25, 0.3) is 5.22 Å². The first-order valence-corrected chi connectivity index (χ1v) is 5.99. The summed E-state index contributed by atoms with van der Waals surface area (Å²) < 4.78 is 18.7. The SMILES string of the molecule is Cc1nnc(SCc2ccc(C(=O)O)cc2F)o1. The molecule has 0 radical (unpaired) electrons. The highest BCUT2D eigenvalue weighted by atomic mass is 32.2. The van der Waals surface area contributed by atoms with E-state index in [0.717, 1.165) is 6.07 Å². The number of thioether (sulfide) groups is 1. The predicted octanol–water partition coefficient (Wildman–Crippen LogP) is 2.51. The van der Waals surface area contributed by atoms with E-state index in [0.29, 0.717) is 22.4 Å². The lowest BCUT2D eigenvalue weighted by molar-refractivity contribution is 0.0696. The zero-order chi connectivity index (χ0) is 13.1. The number of benzene rings is 1. The number of hydrogen-bond acceptors (Lipinski definition) is 5. The Kier molecular flexibility index (Phi) is 3.61. The number of aryl methyl sites for hydroxylation is 1. The maximum atomic E-state index is 13.6. The second-order valence-corrected chi connectivity index (χ2v) is 4.41. The Morgan fingerprint density at radius 2 is 2.28 bits per heavy atom. The van der Waals surface area contributed by atoms with E-state index in [2.05, 4.69) is 10.2 Å². The van der Waals surface area contributed by atoms with Crippen molar-refractivity contribution in [3.8, 4) is 0 Å². The number of aromatic nitrogens is 2. The van der Waals surface area contributed by atoms with Gasteiger partial charge in [-0.2, -0.15) is 0 Å². The monoisotopic (exact) mass is 268 g/mol. The standard InChI is InChI=1S/C11H9FN2O3S/c1-6-13-14-11(17-6)18-5-8-3-2-7(10(15)16)4-9(8)12/h2-4H,5H2,1H3,(H,15,16). The average Bonchev–Trinajstić information content (AvgIpc) is 2.73. The quantitative estimate of drug-likeness (QED) is 0.858. The van der Waals surface area contributed by atoms with Gasteiger partial charge < -0.3 is 9.52 Å². The maximum absolute atomic E-state index is 13.6. The molecule has 0 unspecified atom stereocenters. The van der Waals surface area contributed by atoms with Crippen LogP contribution >= 0.6 is 11.8 Å². The molecule has 2 aromatic rings. The van der Waals surface area contributed by atoms with Crippen molar-refractivity contribution in [2.45, 2.75) is 17.9 Å². The van der Waals surface area contributed by atoms with E-state index in [1.807, 2.05) is 0 Å². The smallest absolute Gasteiger partial charge is 0.335 e. The first-order chi connectivity index (χ1) is 8.56. The molecule has 1 heterocycles. The zero-order valence-electron chi connectivity index (χ0n) is 9.38. The second kappa shape index (κ2) is 5.18. The molecule has 0 saturated carbocycles. The molecular formula is C11H9FN2O3S. The summed E-state index contributed by atoms with van der Waals surface area (Å²) in [5, 5.41) is 16.5. The summed E-state index contributed by atoms with van der Waals surface area (Å²) >= 11 is 1.20. The van der Waals surface area contributed by atoms with Gasteiger partial charge in [-0.15, -0.1) is 10.2 Å². The fourth-order valence-corrected chi connectivity index (χ4v) is 2.06. The normalized spacial score (nSPS) is 10.6. The number of rotatable bonds is 4. The summed E-state index contributed by atoms with van der Waals surface area (Å²) in [6.07, 6.45) is 0. The summed E-state index contributed by atoms with van der Waals surface area (Å²) in [6, 6.07) is 3.80. The van der Waals surface area contributed by atoms with Crippen molar-refractivity contribution >= 4 is 17.7 Å². The summed E-state index contributed by atoms with van der Waals surface area (Å²) in [7, 11) is 0. The van der Waals surface area contributed by atoms with Gasteiger partial charge in [-0.25, -0.2) is 9.18 Å². The molecule has 94 valence electrons. The molecule has 1 N–H and O–H groups in total. The number of nitrogens with zero attached hydrogens (tertiary/aromatic N) is 2. The minimum Gasteiger partial charge on any atom is -0.478 e. The minimum atomic E-state index is -1.15. The molecule has 5 nitrogen and oxygen atoms in total. The Bertz CT molecular complexity index is 585. The van der Waals surface area contributed by atoms with Crippen LogP contribution < -0.4 is 0 Å². The molecule has 0 aliphatic heterocycles. The van der Waals surface area contributed by atoms with Gasteiger partial charge >= 0.3 is 5.97 Å². The van der Waals surface area contributed by atoms with Crippen molar-refractivity contribution < 1.29 is 18.7 Å². The summed E-state index contributed by atoms with van der Waals surface area (Å²) in [6.45, 7) is 1.67. The molecule has 1 aromatic heterocycles. The molecule has 2 rings (SSSR count). The van der Waals surface area contributed by atoms with Crippen LogP contribution in [0.25, 0.3) is 0 Å². The molecule has 0 atom stereocenters. The van der Waals surface area contributed by atoms with Crippen molar-refractivity contribution in [1.82, 2.24) is 10.2 Å². The first-order valence-electron chi connectivity index (χ1n) is 5.01. The highest BCUT2D eigenvalue weighted by molar-refractivity contribution is 7.98. The van der Waals surface area contributed by atoms with Crippen LogP contribution in [0, 0.1) is 12.7 Å². The number of hydrogen-bond donors (Lipinski definition) is 1. The van der Waals surface area contributed by atoms with Gasteiger partial charge in [-0.3, -0.25) is 0 Å². The molecule has 0 fully saturated rings. The Morgan fingerprint density at radius 1 is 1.50 bits per heavy atom. The number of carbonyl (C=O) groups is 1. The fraction of sp³-hybridized carbons (Fsp3) is 0.182. The number of halogens is 1. The summed E-state index contributed by atoms with van der Waals surface area (Å²) in [5.74, 6) is -0.966. The third kappa shape index (κ3) is 2.86. The molecule has 0 aliphatic rings. The van der Waals surface area contributed by atoms with Crippen LogP contribution in [0.4, 0.5) is 4.39 Å². The van der Waals surface area contributed by atoms with Gasteiger partial charge in [-0.05, 0) is 17.7 Å². The Balaban J connectivity index is 2.08. The highest BCUT2D eigenvalue weighted by Crippen LogP contribution is 2.23. The van der Waals surface area contributed by atoms with Gasteiger partial charge in [0, 0.05) is 12.7 Å². The third-order valence-electron chi connectivity index (χ3n) is 2.16. The number of aromatic carboxylic acids is 1. The van der Waals surface area contributed by atoms with E-state index in [4.69, 9.17) is 9.52 Å². The van der Waals surface area contributed by atoms with E-state index in [9.17, 15) is 9.18 Å². The number of carboxylic acid groups (broad SMARTS) is 1. The topological polar surface area (TPSA) is 76.2 Å². The minimum absolute atomic E-state index is 0.0742. The molecular weight excluding hydrogens is 259 g/mol. The Morgan fingerprint density at radius 3 is 2.83 bits per heavy atom. The highest BCUT2D eigenvalue weighted by Gasteiger charge is 2.10. The Labute approximate surface area is 106 Å². The van der Waals surface area contributed by atoms with E-state index >= 15 is 0 Å². The van der Waals surface area contributed by atoms with Crippen LogP contribution in [0.2, 0.25) is 0 Å². The summed E-state index contributed by atoms with van der Waals surface area (Å²) in [4.78, 5) is 10.6. The first kappa shape index (κ1) is 12.6. The van der Waals surface area contributed by atoms with E-state index in [-0.39, 0.29) is 5.56 Å². The average molecular weight is 268 g/mol. The molecule has 0 saturated heterocycles. The van der Waals surface area contributed by atoms with Gasteiger partial charge in [0.1, 0.15) is 5.82 Å². The molecule has 0 bridgehead atoms. The lowest BCUT2D eigenvalue weighted by atomic mass is 10.1. The van der Waals surface area contributed by atoms with Gasteiger partial charge in [-0.1, -0.05) is 17.8 Å². The maximum Gasteiger partial charge on any atom is 0.335 e. The second-order valence-electron chi connectivity index (χ2n) is 3.49. The molecule has 0 aliphatic carbocycles. The molecule has 18 heavy (non-hydrogen) atoms. The van der Waals surface area contributed by atoms with Crippen LogP contribution in [-0.4, -0.2) is 21.3 Å². The molecule has 0 amide bonds. The number of carboxylic acids is 1. The van der Waals surface area contributed by atoms with Crippen LogP contribution in [0.5, 0.6) is 0 Å². The van der Waals surface area contributed by atoms with Crippen molar-refractivity contribution in [2.24, 2.45) is 0 Å². The molecule has 7 heteroatoms. The Hall–Kier alpha value is -1.89. The van der Waals surface area contributed by atoms with Crippen molar-refractivity contribution in [3.05, 3.63) is 41.0 Å². The van der Waals surface area contributed by atoms with Crippen LogP contribution in [0.15, 0.2) is 27.8 Å². The predicted molar refractivity (Wildman–Crippen MR) is 62.0 cm³/mol. The van der Waals surface area contributed by atoms with Crippen molar-refractivity contribution in [2.75, 3.05) is 0 Å². The van der Waals surface area contributed by atoms with E-state index in [1.54, 1.807) is 6.92 Å². The van der Waals surface area contributed by atoms with Crippen molar-refractivity contribution in [3.63, 3.8) is 0 Å². The van der Waals surface area contributed by atoms with E-state index in [1.165, 1.54) is 23.9 Å². The van der Waals surface area contributed by atoms with Crippen LogP contribution in [-0.2, 0) is 5.75 Å². The van der Waals surface area contributed by atoms with Crippen LogP contribution in [0.3, 0.4) is 0 Å². The largest absolute Gasteiger partial charge is 0.478 e. The lowest BCUT2D eigenvalue weighted by Gasteiger charge is -2.02.